The van der Waals surface area contributed by atoms with Crippen LogP contribution in [0.5, 0.6) is 0 Å². The van der Waals surface area contributed by atoms with Crippen LogP contribution in [0, 0.1) is 11.3 Å². The highest BCUT2D eigenvalue weighted by atomic mass is 16.3. The lowest BCUT2D eigenvalue weighted by atomic mass is 10.0. The van der Waals surface area contributed by atoms with Gasteiger partial charge in [-0.05, 0) is 31.5 Å². The number of rotatable bonds is 5. The van der Waals surface area contributed by atoms with Gasteiger partial charge in [0.15, 0.2) is 5.82 Å². The molecular weight excluding hydrogens is 318 g/mol. The van der Waals surface area contributed by atoms with Crippen molar-refractivity contribution >= 4 is 11.7 Å². The van der Waals surface area contributed by atoms with E-state index in [0.717, 1.165) is 31.5 Å². The molecule has 1 unspecified atom stereocenters. The highest BCUT2D eigenvalue weighted by molar-refractivity contribution is 5.93. The SMILES string of the molecule is N#Cc1cnn(-c2ccccc2)c1NC(=O)CN1CCCCC1CO. The van der Waals surface area contributed by atoms with Gasteiger partial charge in [0.1, 0.15) is 11.6 Å². The molecule has 1 saturated heterocycles. The van der Waals surface area contributed by atoms with Crippen molar-refractivity contribution in [2.75, 3.05) is 25.0 Å². The van der Waals surface area contributed by atoms with Crippen LogP contribution in [0.3, 0.4) is 0 Å². The van der Waals surface area contributed by atoms with Crippen LogP contribution in [0.2, 0.25) is 0 Å². The molecule has 1 aromatic heterocycles. The van der Waals surface area contributed by atoms with Crippen molar-refractivity contribution < 1.29 is 9.90 Å². The number of nitrogens with zero attached hydrogens (tertiary/aromatic N) is 4. The van der Waals surface area contributed by atoms with Crippen LogP contribution in [-0.2, 0) is 4.79 Å². The molecule has 1 aliphatic rings. The molecule has 2 aromatic rings. The summed E-state index contributed by atoms with van der Waals surface area (Å²) in [6.07, 6.45) is 4.44. The summed E-state index contributed by atoms with van der Waals surface area (Å²) in [5, 5.41) is 25.8. The normalized spacial score (nSPS) is 17.8. The van der Waals surface area contributed by atoms with Gasteiger partial charge in [0, 0.05) is 6.04 Å². The number of nitrogens with one attached hydrogen (secondary N) is 1. The number of nitriles is 1. The minimum atomic E-state index is -0.213. The zero-order chi connectivity index (χ0) is 17.6. The number of likely N-dealkylation sites (tertiary alicyclic amines) is 1. The van der Waals surface area contributed by atoms with Gasteiger partial charge >= 0.3 is 0 Å². The standard InChI is InChI=1S/C18H21N5O2/c19-10-14-11-20-23(15-6-2-1-3-7-15)18(14)21-17(25)12-22-9-5-4-8-16(22)13-24/h1-3,6-7,11,16,24H,4-5,8-9,12-13H2,(H,21,25). The third kappa shape index (κ3) is 3.87. The monoisotopic (exact) mass is 339 g/mol. The molecular formula is C18H21N5O2. The Hall–Kier alpha value is -2.69. The minimum absolute atomic E-state index is 0.0222. The maximum absolute atomic E-state index is 12.5. The van der Waals surface area contributed by atoms with Crippen molar-refractivity contribution in [2.24, 2.45) is 0 Å². The molecule has 2 N–H and O–H groups in total. The number of hydrogen-bond acceptors (Lipinski definition) is 5. The van der Waals surface area contributed by atoms with E-state index in [1.807, 2.05) is 35.2 Å². The van der Waals surface area contributed by atoms with E-state index in [1.54, 1.807) is 4.68 Å². The Labute approximate surface area is 146 Å². The Bertz CT molecular complexity index is 766. The average Bonchev–Trinajstić information content (AvgIpc) is 3.05. The number of aliphatic hydroxyl groups excluding tert-OH is 1. The van der Waals surface area contributed by atoms with Gasteiger partial charge in [-0.15, -0.1) is 0 Å². The quantitative estimate of drug-likeness (QED) is 0.861. The van der Waals surface area contributed by atoms with Gasteiger partial charge in [-0.25, -0.2) is 4.68 Å². The largest absolute Gasteiger partial charge is 0.395 e. The molecule has 2 heterocycles. The van der Waals surface area contributed by atoms with E-state index in [4.69, 9.17) is 0 Å². The van der Waals surface area contributed by atoms with Gasteiger partial charge in [-0.2, -0.15) is 10.4 Å². The predicted octanol–water partition coefficient (Wildman–Crippen LogP) is 1.53. The van der Waals surface area contributed by atoms with E-state index in [1.165, 1.54) is 6.20 Å². The summed E-state index contributed by atoms with van der Waals surface area (Å²) in [4.78, 5) is 14.5. The zero-order valence-corrected chi connectivity index (χ0v) is 13.9. The van der Waals surface area contributed by atoms with Crippen LogP contribution in [0.15, 0.2) is 36.5 Å². The Morgan fingerprint density at radius 3 is 2.88 bits per heavy atom. The Morgan fingerprint density at radius 2 is 2.16 bits per heavy atom. The molecule has 0 bridgehead atoms. The van der Waals surface area contributed by atoms with E-state index in [0.29, 0.717) is 11.4 Å². The molecule has 1 atom stereocenters. The molecule has 7 nitrogen and oxygen atoms in total. The number of carbonyl (C=O) groups is 1. The summed E-state index contributed by atoms with van der Waals surface area (Å²) in [6.45, 7) is 1.04. The van der Waals surface area contributed by atoms with Crippen LogP contribution < -0.4 is 5.32 Å². The number of aromatic nitrogens is 2. The third-order valence-electron chi connectivity index (χ3n) is 4.45. The van der Waals surface area contributed by atoms with E-state index in [9.17, 15) is 15.2 Å². The Morgan fingerprint density at radius 1 is 1.36 bits per heavy atom. The number of aliphatic hydroxyl groups is 1. The molecule has 25 heavy (non-hydrogen) atoms. The van der Waals surface area contributed by atoms with Crippen molar-refractivity contribution in [1.82, 2.24) is 14.7 Å². The topological polar surface area (TPSA) is 94.2 Å². The molecule has 0 radical (unpaired) electrons. The first-order valence-electron chi connectivity index (χ1n) is 8.41. The highest BCUT2D eigenvalue weighted by Gasteiger charge is 2.24. The molecule has 7 heteroatoms. The van der Waals surface area contributed by atoms with Crippen molar-refractivity contribution in [2.45, 2.75) is 25.3 Å². The van der Waals surface area contributed by atoms with Crippen LogP contribution in [0.4, 0.5) is 5.82 Å². The van der Waals surface area contributed by atoms with Crippen LogP contribution in [-0.4, -0.2) is 51.4 Å². The lowest BCUT2D eigenvalue weighted by Gasteiger charge is -2.33. The van der Waals surface area contributed by atoms with Gasteiger partial charge in [0.2, 0.25) is 5.91 Å². The second kappa shape index (κ2) is 7.92. The Balaban J connectivity index is 1.77. The van der Waals surface area contributed by atoms with E-state index >= 15 is 0 Å². The molecule has 1 aliphatic heterocycles. The second-order valence-corrected chi connectivity index (χ2v) is 6.12. The van der Waals surface area contributed by atoms with Crippen molar-refractivity contribution in [1.29, 1.82) is 5.26 Å². The number of hydrogen-bond donors (Lipinski definition) is 2. The number of benzene rings is 1. The predicted molar refractivity (Wildman–Crippen MR) is 93.2 cm³/mol. The van der Waals surface area contributed by atoms with Crippen LogP contribution in [0.1, 0.15) is 24.8 Å². The first-order chi connectivity index (χ1) is 12.2. The summed E-state index contributed by atoms with van der Waals surface area (Å²) >= 11 is 0. The molecule has 3 rings (SSSR count). The van der Waals surface area contributed by atoms with Gasteiger partial charge in [-0.3, -0.25) is 9.69 Å². The fraction of sp³-hybridized carbons (Fsp3) is 0.389. The number of para-hydroxylation sites is 1. The van der Waals surface area contributed by atoms with Crippen LogP contribution >= 0.6 is 0 Å². The van der Waals surface area contributed by atoms with Crippen molar-refractivity contribution in [3.63, 3.8) is 0 Å². The number of piperidine rings is 1. The fourth-order valence-electron chi connectivity index (χ4n) is 3.15. The van der Waals surface area contributed by atoms with Gasteiger partial charge < -0.3 is 10.4 Å². The minimum Gasteiger partial charge on any atom is -0.395 e. The fourth-order valence-corrected chi connectivity index (χ4v) is 3.15. The summed E-state index contributed by atoms with van der Waals surface area (Å²) in [7, 11) is 0. The summed E-state index contributed by atoms with van der Waals surface area (Å²) in [5.74, 6) is 0.158. The smallest absolute Gasteiger partial charge is 0.239 e. The van der Waals surface area contributed by atoms with Gasteiger partial charge in [-0.1, -0.05) is 24.6 Å². The van der Waals surface area contributed by atoms with Crippen molar-refractivity contribution in [3.05, 3.63) is 42.1 Å². The van der Waals surface area contributed by atoms with E-state index in [-0.39, 0.29) is 25.1 Å². The lowest BCUT2D eigenvalue weighted by molar-refractivity contribution is -0.118. The summed E-state index contributed by atoms with van der Waals surface area (Å²) in [5.41, 5.74) is 1.08. The first-order valence-corrected chi connectivity index (χ1v) is 8.41. The lowest BCUT2D eigenvalue weighted by Crippen LogP contribution is -2.45. The number of carbonyl (C=O) groups excluding carboxylic acids is 1. The van der Waals surface area contributed by atoms with Crippen LogP contribution in [0.25, 0.3) is 5.69 Å². The van der Waals surface area contributed by atoms with Crippen molar-refractivity contribution in [3.8, 4) is 11.8 Å². The molecule has 130 valence electrons. The Kier molecular flexibility index (Phi) is 5.43. The number of amides is 1. The van der Waals surface area contributed by atoms with E-state index < -0.39 is 0 Å². The van der Waals surface area contributed by atoms with Gasteiger partial charge in [0.05, 0.1) is 25.0 Å². The molecule has 0 aliphatic carbocycles. The number of anilines is 1. The molecule has 0 saturated carbocycles. The summed E-state index contributed by atoms with van der Waals surface area (Å²) in [6, 6.07) is 11.4. The molecule has 1 aromatic carbocycles. The second-order valence-electron chi connectivity index (χ2n) is 6.12. The highest BCUT2D eigenvalue weighted by Crippen LogP contribution is 2.20. The molecule has 0 spiro atoms. The third-order valence-corrected chi connectivity index (χ3v) is 4.45. The summed E-state index contributed by atoms with van der Waals surface area (Å²) < 4.78 is 1.55. The maximum atomic E-state index is 12.5. The van der Waals surface area contributed by atoms with E-state index in [2.05, 4.69) is 16.5 Å². The first kappa shape index (κ1) is 17.1. The zero-order valence-electron chi connectivity index (χ0n) is 13.9. The average molecular weight is 339 g/mol. The van der Waals surface area contributed by atoms with Gasteiger partial charge in [0.25, 0.3) is 0 Å². The molecule has 1 fully saturated rings. The molecule has 1 amide bonds. The maximum Gasteiger partial charge on any atom is 0.239 e.